The average Bonchev–Trinajstić information content (AvgIpc) is 3.53. The summed E-state index contributed by atoms with van der Waals surface area (Å²) in [6.45, 7) is 4.62. The standard InChI is InChI=1S/C25H22N4O2S2/c1-3-30-19-13-11-17(12-14-19)22-21(24-27-23(28-31-24)20-10-7-15-33-20)16(2)29(25(32)26-22)18-8-5-4-6-9-18/h4-15,22H,3H2,1-2H3,(H,26,32). The Labute approximate surface area is 201 Å². The Hall–Kier alpha value is -3.49. The topological polar surface area (TPSA) is 63.4 Å². The van der Waals surface area contributed by atoms with Gasteiger partial charge in [0.05, 0.1) is 23.1 Å². The third-order valence-corrected chi connectivity index (χ3v) is 6.59. The van der Waals surface area contributed by atoms with E-state index in [1.165, 1.54) is 0 Å². The number of aromatic nitrogens is 2. The zero-order chi connectivity index (χ0) is 22.8. The van der Waals surface area contributed by atoms with Crippen molar-refractivity contribution >= 4 is 39.9 Å². The monoisotopic (exact) mass is 474 g/mol. The molecular weight excluding hydrogens is 452 g/mol. The van der Waals surface area contributed by atoms with E-state index >= 15 is 0 Å². The van der Waals surface area contributed by atoms with Crippen molar-refractivity contribution in [3.63, 3.8) is 0 Å². The van der Waals surface area contributed by atoms with Crippen LogP contribution >= 0.6 is 23.6 Å². The lowest BCUT2D eigenvalue weighted by Gasteiger charge is -2.37. The largest absolute Gasteiger partial charge is 0.494 e. The van der Waals surface area contributed by atoms with Crippen LogP contribution in [0, 0.1) is 0 Å². The molecule has 2 aromatic carbocycles. The Kier molecular flexibility index (Phi) is 5.93. The van der Waals surface area contributed by atoms with Gasteiger partial charge in [-0.15, -0.1) is 11.3 Å². The highest BCUT2D eigenvalue weighted by molar-refractivity contribution is 7.80. The second-order valence-electron chi connectivity index (χ2n) is 7.46. The van der Waals surface area contributed by atoms with Crippen molar-refractivity contribution in [3.8, 4) is 16.5 Å². The quantitative estimate of drug-likeness (QED) is 0.341. The number of nitrogens with one attached hydrogen (secondary N) is 1. The molecule has 1 aliphatic rings. The number of para-hydroxylation sites is 1. The van der Waals surface area contributed by atoms with Crippen molar-refractivity contribution in [2.75, 3.05) is 11.5 Å². The third-order valence-electron chi connectivity index (χ3n) is 5.42. The van der Waals surface area contributed by atoms with Gasteiger partial charge in [0.25, 0.3) is 5.89 Å². The van der Waals surface area contributed by atoms with Gasteiger partial charge in [-0.25, -0.2) is 0 Å². The predicted octanol–water partition coefficient (Wildman–Crippen LogP) is 6.06. The fourth-order valence-corrected chi connectivity index (χ4v) is 4.93. The third kappa shape index (κ3) is 4.15. The second kappa shape index (κ2) is 9.17. The first kappa shape index (κ1) is 21.4. The highest BCUT2D eigenvalue weighted by atomic mass is 32.1. The maximum absolute atomic E-state index is 5.79. The van der Waals surface area contributed by atoms with E-state index in [-0.39, 0.29) is 6.04 Å². The van der Waals surface area contributed by atoms with Crippen LogP contribution in [-0.2, 0) is 0 Å². The fourth-order valence-electron chi connectivity index (χ4n) is 3.92. The molecule has 0 fully saturated rings. The number of thiocarbonyl (C=S) groups is 1. The zero-order valence-corrected chi connectivity index (χ0v) is 19.8. The first-order chi connectivity index (χ1) is 16.2. The molecule has 4 aromatic rings. The van der Waals surface area contributed by atoms with Gasteiger partial charge in [0.1, 0.15) is 5.75 Å². The smallest absolute Gasteiger partial charge is 0.258 e. The van der Waals surface area contributed by atoms with Crippen molar-refractivity contribution in [2.24, 2.45) is 0 Å². The van der Waals surface area contributed by atoms with Gasteiger partial charge in [-0.3, -0.25) is 4.90 Å². The summed E-state index contributed by atoms with van der Waals surface area (Å²) in [7, 11) is 0. The number of allylic oxidation sites excluding steroid dienone is 1. The number of ether oxygens (including phenoxy) is 1. The van der Waals surface area contributed by atoms with Crippen molar-refractivity contribution in [1.82, 2.24) is 15.5 Å². The van der Waals surface area contributed by atoms with Crippen LogP contribution in [0.15, 0.2) is 82.3 Å². The fraction of sp³-hybridized carbons (Fsp3) is 0.160. The van der Waals surface area contributed by atoms with Gasteiger partial charge in [-0.05, 0) is 67.3 Å². The molecule has 8 heteroatoms. The molecule has 1 unspecified atom stereocenters. The Bertz CT molecular complexity index is 1280. The average molecular weight is 475 g/mol. The van der Waals surface area contributed by atoms with E-state index in [0.29, 0.717) is 23.4 Å². The first-order valence-electron chi connectivity index (χ1n) is 10.6. The Balaban J connectivity index is 1.62. The highest BCUT2D eigenvalue weighted by Crippen LogP contribution is 2.39. The van der Waals surface area contributed by atoms with E-state index in [1.807, 2.05) is 90.9 Å². The molecule has 33 heavy (non-hydrogen) atoms. The minimum atomic E-state index is -0.246. The number of rotatable bonds is 6. The molecule has 3 heterocycles. The number of thiophene rings is 1. The summed E-state index contributed by atoms with van der Waals surface area (Å²) >= 11 is 7.37. The van der Waals surface area contributed by atoms with E-state index in [0.717, 1.165) is 33.1 Å². The molecule has 1 atom stereocenters. The number of benzene rings is 2. The summed E-state index contributed by atoms with van der Waals surface area (Å²) in [6.07, 6.45) is 0. The van der Waals surface area contributed by atoms with Gasteiger partial charge in [0.15, 0.2) is 5.11 Å². The molecule has 0 bridgehead atoms. The molecule has 1 aliphatic heterocycles. The van der Waals surface area contributed by atoms with Crippen LogP contribution in [0.4, 0.5) is 5.69 Å². The summed E-state index contributed by atoms with van der Waals surface area (Å²) in [5.41, 5.74) is 3.81. The molecule has 6 nitrogen and oxygen atoms in total. The molecule has 0 saturated heterocycles. The van der Waals surface area contributed by atoms with Gasteiger partial charge in [0.2, 0.25) is 5.82 Å². The maximum Gasteiger partial charge on any atom is 0.258 e. The molecule has 166 valence electrons. The van der Waals surface area contributed by atoms with Crippen molar-refractivity contribution < 1.29 is 9.26 Å². The maximum atomic E-state index is 5.79. The number of anilines is 1. The SMILES string of the molecule is CCOc1ccc(C2NC(=S)N(c3ccccc3)C(C)=C2c2nc(-c3cccs3)no2)cc1. The Morgan fingerprint density at radius 3 is 2.58 bits per heavy atom. The number of nitrogens with zero attached hydrogens (tertiary/aromatic N) is 3. The van der Waals surface area contributed by atoms with Crippen LogP contribution < -0.4 is 15.0 Å². The van der Waals surface area contributed by atoms with Crippen molar-refractivity contribution in [1.29, 1.82) is 0 Å². The highest BCUT2D eigenvalue weighted by Gasteiger charge is 2.34. The first-order valence-corrected chi connectivity index (χ1v) is 11.9. The molecular formula is C25H22N4O2S2. The van der Waals surface area contributed by atoms with E-state index in [9.17, 15) is 0 Å². The minimum absolute atomic E-state index is 0.246. The normalized spacial score (nSPS) is 16.1. The van der Waals surface area contributed by atoms with Gasteiger partial charge in [0, 0.05) is 11.4 Å². The zero-order valence-electron chi connectivity index (χ0n) is 18.2. The van der Waals surface area contributed by atoms with Crippen LogP contribution in [-0.4, -0.2) is 21.9 Å². The molecule has 2 aromatic heterocycles. The summed E-state index contributed by atoms with van der Waals surface area (Å²) in [5, 5.41) is 10.3. The van der Waals surface area contributed by atoms with Gasteiger partial charge in [-0.2, -0.15) is 4.98 Å². The predicted molar refractivity (Wildman–Crippen MR) is 135 cm³/mol. The minimum Gasteiger partial charge on any atom is -0.494 e. The number of hydrogen-bond donors (Lipinski definition) is 1. The van der Waals surface area contributed by atoms with Gasteiger partial charge in [-0.1, -0.05) is 41.6 Å². The lowest BCUT2D eigenvalue weighted by molar-refractivity contribution is 0.340. The second-order valence-corrected chi connectivity index (χ2v) is 8.79. The van der Waals surface area contributed by atoms with E-state index in [4.69, 9.17) is 26.5 Å². The molecule has 0 amide bonds. The van der Waals surface area contributed by atoms with Crippen molar-refractivity contribution in [3.05, 3.63) is 89.3 Å². The lowest BCUT2D eigenvalue weighted by atomic mass is 9.94. The number of hydrogen-bond acceptors (Lipinski definition) is 6. The van der Waals surface area contributed by atoms with E-state index < -0.39 is 0 Å². The van der Waals surface area contributed by atoms with Crippen LogP contribution in [0.2, 0.25) is 0 Å². The molecule has 0 aliphatic carbocycles. The van der Waals surface area contributed by atoms with Gasteiger partial charge < -0.3 is 14.6 Å². The lowest BCUT2D eigenvalue weighted by Crippen LogP contribution is -2.46. The van der Waals surface area contributed by atoms with Gasteiger partial charge >= 0.3 is 0 Å². The Morgan fingerprint density at radius 1 is 1.09 bits per heavy atom. The van der Waals surface area contributed by atoms with Crippen LogP contribution in [0.25, 0.3) is 16.3 Å². The van der Waals surface area contributed by atoms with E-state index in [2.05, 4.69) is 10.5 Å². The van der Waals surface area contributed by atoms with Crippen LogP contribution in [0.5, 0.6) is 5.75 Å². The molecule has 0 spiro atoms. The molecule has 0 saturated carbocycles. The summed E-state index contributed by atoms with van der Waals surface area (Å²) in [4.78, 5) is 7.71. The molecule has 0 radical (unpaired) electrons. The molecule has 1 N–H and O–H groups in total. The van der Waals surface area contributed by atoms with E-state index in [1.54, 1.807) is 11.3 Å². The Morgan fingerprint density at radius 2 is 1.88 bits per heavy atom. The summed E-state index contributed by atoms with van der Waals surface area (Å²) in [6, 6.07) is 21.7. The van der Waals surface area contributed by atoms with Crippen LogP contribution in [0.1, 0.15) is 31.3 Å². The van der Waals surface area contributed by atoms with Crippen LogP contribution in [0.3, 0.4) is 0 Å². The summed E-state index contributed by atoms with van der Waals surface area (Å²) < 4.78 is 11.4. The summed E-state index contributed by atoms with van der Waals surface area (Å²) in [5.74, 6) is 1.86. The van der Waals surface area contributed by atoms with Crippen molar-refractivity contribution in [2.45, 2.75) is 19.9 Å². The molecule has 5 rings (SSSR count).